The van der Waals surface area contributed by atoms with Crippen LogP contribution in [-0.2, 0) is 9.47 Å². The highest BCUT2D eigenvalue weighted by molar-refractivity contribution is 6.29. The number of amides is 1. The lowest BCUT2D eigenvalue weighted by atomic mass is 10.0. The molecule has 0 aromatic carbocycles. The molecule has 1 fully saturated rings. The van der Waals surface area contributed by atoms with Crippen molar-refractivity contribution < 1.29 is 14.3 Å². The Kier molecular flexibility index (Phi) is 4.11. The zero-order chi connectivity index (χ0) is 13.0. The lowest BCUT2D eigenvalue weighted by Crippen LogP contribution is -2.45. The normalized spacial score (nSPS) is 23.0. The van der Waals surface area contributed by atoms with E-state index >= 15 is 0 Å². The van der Waals surface area contributed by atoms with Crippen molar-refractivity contribution in [3.63, 3.8) is 0 Å². The van der Waals surface area contributed by atoms with Crippen LogP contribution in [0.1, 0.15) is 16.9 Å². The molecule has 0 spiro atoms. The van der Waals surface area contributed by atoms with E-state index in [-0.39, 0.29) is 16.8 Å². The lowest BCUT2D eigenvalue weighted by Gasteiger charge is -2.25. The van der Waals surface area contributed by atoms with Crippen molar-refractivity contribution in [2.45, 2.75) is 12.0 Å². The smallest absolute Gasteiger partial charge is 0.271 e. The first-order chi connectivity index (χ1) is 8.65. The molecule has 0 saturated carbocycles. The molecular formula is C11H14ClN3O3. The van der Waals surface area contributed by atoms with Crippen LogP contribution in [-0.4, -0.2) is 48.3 Å². The summed E-state index contributed by atoms with van der Waals surface area (Å²) in [6, 6.07) is 0. The maximum atomic E-state index is 11.8. The Hall–Kier alpha value is -1.24. The summed E-state index contributed by atoms with van der Waals surface area (Å²) in [4.78, 5) is 19.5. The third-order valence-corrected chi connectivity index (χ3v) is 3.12. The molecule has 0 bridgehead atoms. The molecule has 6 nitrogen and oxygen atoms in total. The first kappa shape index (κ1) is 13.2. The van der Waals surface area contributed by atoms with Gasteiger partial charge in [0.15, 0.2) is 0 Å². The maximum absolute atomic E-state index is 11.8. The van der Waals surface area contributed by atoms with E-state index in [9.17, 15) is 4.79 Å². The first-order valence-corrected chi connectivity index (χ1v) is 5.92. The Bertz CT molecular complexity index is 418. The zero-order valence-corrected chi connectivity index (χ0v) is 10.7. The SMILES string of the molecule is COC1(CNC(=O)c2cnc(Cl)cn2)CCOC1. The van der Waals surface area contributed by atoms with Crippen molar-refractivity contribution in [2.24, 2.45) is 0 Å². The van der Waals surface area contributed by atoms with E-state index in [2.05, 4.69) is 15.3 Å². The molecule has 1 amide bonds. The van der Waals surface area contributed by atoms with E-state index in [4.69, 9.17) is 21.1 Å². The standard InChI is InChI=1S/C11H14ClN3O3/c1-17-11(2-3-18-7-11)6-15-10(16)8-4-14-9(12)5-13-8/h4-5H,2-3,6-7H2,1H3,(H,15,16). The number of nitrogens with zero attached hydrogens (tertiary/aromatic N) is 2. The van der Waals surface area contributed by atoms with Gasteiger partial charge in [0.1, 0.15) is 16.4 Å². The predicted molar refractivity (Wildman–Crippen MR) is 64.6 cm³/mol. The summed E-state index contributed by atoms with van der Waals surface area (Å²) >= 11 is 5.60. The second-order valence-corrected chi connectivity index (χ2v) is 4.48. The van der Waals surface area contributed by atoms with Crippen LogP contribution in [0, 0.1) is 0 Å². The van der Waals surface area contributed by atoms with Crippen molar-refractivity contribution in [1.82, 2.24) is 15.3 Å². The Morgan fingerprint density at radius 1 is 1.61 bits per heavy atom. The van der Waals surface area contributed by atoms with E-state index in [1.165, 1.54) is 12.4 Å². The highest BCUT2D eigenvalue weighted by Crippen LogP contribution is 2.21. The van der Waals surface area contributed by atoms with Crippen molar-refractivity contribution in [3.8, 4) is 0 Å². The summed E-state index contributed by atoms with van der Waals surface area (Å²) in [5.74, 6) is -0.303. The number of aromatic nitrogens is 2. The summed E-state index contributed by atoms with van der Waals surface area (Å²) in [5.41, 5.74) is -0.209. The van der Waals surface area contributed by atoms with Gasteiger partial charge in [-0.05, 0) is 0 Å². The van der Waals surface area contributed by atoms with Gasteiger partial charge in [0, 0.05) is 26.7 Å². The topological polar surface area (TPSA) is 73.3 Å². The van der Waals surface area contributed by atoms with E-state index in [1.807, 2.05) is 0 Å². The van der Waals surface area contributed by atoms with E-state index in [0.29, 0.717) is 19.8 Å². The highest BCUT2D eigenvalue weighted by atomic mass is 35.5. The quantitative estimate of drug-likeness (QED) is 0.871. The summed E-state index contributed by atoms with van der Waals surface area (Å²) in [6.45, 7) is 1.51. The fourth-order valence-electron chi connectivity index (χ4n) is 1.72. The van der Waals surface area contributed by atoms with Crippen LogP contribution in [0.4, 0.5) is 0 Å². The molecule has 2 heterocycles. The summed E-state index contributed by atoms with van der Waals surface area (Å²) in [6.07, 6.45) is 3.43. The molecule has 0 aliphatic carbocycles. The van der Waals surface area contributed by atoms with Gasteiger partial charge in [0.05, 0.1) is 19.0 Å². The van der Waals surface area contributed by atoms with Crippen LogP contribution in [0.25, 0.3) is 0 Å². The third kappa shape index (κ3) is 2.95. The predicted octanol–water partition coefficient (Wildman–Crippen LogP) is 0.665. The largest absolute Gasteiger partial charge is 0.378 e. The Morgan fingerprint density at radius 3 is 3.00 bits per heavy atom. The van der Waals surface area contributed by atoms with Gasteiger partial charge in [-0.15, -0.1) is 0 Å². The van der Waals surface area contributed by atoms with Crippen LogP contribution in [0.15, 0.2) is 12.4 Å². The van der Waals surface area contributed by atoms with Crippen molar-refractivity contribution in [1.29, 1.82) is 0 Å². The lowest BCUT2D eigenvalue weighted by molar-refractivity contribution is -0.0149. The maximum Gasteiger partial charge on any atom is 0.271 e. The molecule has 1 saturated heterocycles. The number of carbonyl (C=O) groups is 1. The van der Waals surface area contributed by atoms with Gasteiger partial charge in [0.2, 0.25) is 0 Å². The molecular weight excluding hydrogens is 258 g/mol. The number of hydrogen-bond donors (Lipinski definition) is 1. The molecule has 1 aromatic heterocycles. The molecule has 0 radical (unpaired) electrons. The Morgan fingerprint density at radius 2 is 2.44 bits per heavy atom. The highest BCUT2D eigenvalue weighted by Gasteiger charge is 2.35. The second-order valence-electron chi connectivity index (χ2n) is 4.10. The minimum atomic E-state index is -0.435. The minimum Gasteiger partial charge on any atom is -0.378 e. The Labute approximate surface area is 110 Å². The van der Waals surface area contributed by atoms with E-state index < -0.39 is 5.60 Å². The van der Waals surface area contributed by atoms with Gasteiger partial charge >= 0.3 is 0 Å². The second kappa shape index (κ2) is 5.60. The molecule has 1 aliphatic rings. The Balaban J connectivity index is 1.93. The van der Waals surface area contributed by atoms with Crippen LogP contribution in [0.5, 0.6) is 0 Å². The van der Waals surface area contributed by atoms with Crippen molar-refractivity contribution >= 4 is 17.5 Å². The molecule has 1 atom stereocenters. The molecule has 98 valence electrons. The van der Waals surface area contributed by atoms with E-state index in [1.54, 1.807) is 7.11 Å². The summed E-state index contributed by atoms with van der Waals surface area (Å²) in [5, 5.41) is 3.02. The van der Waals surface area contributed by atoms with Crippen molar-refractivity contribution in [3.05, 3.63) is 23.2 Å². The van der Waals surface area contributed by atoms with Gasteiger partial charge in [-0.25, -0.2) is 9.97 Å². The van der Waals surface area contributed by atoms with Gasteiger partial charge in [-0.1, -0.05) is 11.6 Å². The average Bonchev–Trinajstić information content (AvgIpc) is 2.86. The number of nitrogens with one attached hydrogen (secondary N) is 1. The number of ether oxygens (including phenoxy) is 2. The van der Waals surface area contributed by atoms with Crippen LogP contribution < -0.4 is 5.32 Å². The molecule has 1 N–H and O–H groups in total. The molecule has 7 heteroatoms. The number of halogens is 1. The fourth-order valence-corrected chi connectivity index (χ4v) is 1.82. The summed E-state index contributed by atoms with van der Waals surface area (Å²) in [7, 11) is 1.61. The third-order valence-electron chi connectivity index (χ3n) is 2.92. The molecule has 18 heavy (non-hydrogen) atoms. The minimum absolute atomic E-state index is 0.226. The molecule has 1 unspecified atom stereocenters. The zero-order valence-electron chi connectivity index (χ0n) is 9.98. The van der Waals surface area contributed by atoms with Crippen LogP contribution in [0.2, 0.25) is 5.15 Å². The molecule has 1 aromatic rings. The van der Waals surface area contributed by atoms with Crippen LogP contribution >= 0.6 is 11.6 Å². The van der Waals surface area contributed by atoms with Gasteiger partial charge in [-0.3, -0.25) is 4.79 Å². The van der Waals surface area contributed by atoms with Gasteiger partial charge in [-0.2, -0.15) is 0 Å². The molecule has 1 aliphatic heterocycles. The van der Waals surface area contributed by atoms with E-state index in [0.717, 1.165) is 6.42 Å². The molecule has 2 rings (SSSR count). The average molecular weight is 272 g/mol. The van der Waals surface area contributed by atoms with Crippen LogP contribution in [0.3, 0.4) is 0 Å². The monoisotopic (exact) mass is 271 g/mol. The number of rotatable bonds is 4. The summed E-state index contributed by atoms with van der Waals surface area (Å²) < 4.78 is 10.7. The fraction of sp³-hybridized carbons (Fsp3) is 0.545. The number of methoxy groups -OCH3 is 1. The number of hydrogen-bond acceptors (Lipinski definition) is 5. The first-order valence-electron chi connectivity index (χ1n) is 5.54. The number of carbonyl (C=O) groups excluding carboxylic acids is 1. The van der Waals surface area contributed by atoms with Gasteiger partial charge < -0.3 is 14.8 Å². The van der Waals surface area contributed by atoms with Gasteiger partial charge in [0.25, 0.3) is 5.91 Å². The van der Waals surface area contributed by atoms with Crippen molar-refractivity contribution in [2.75, 3.05) is 26.9 Å².